The molecule has 0 aliphatic carbocycles. The van der Waals surface area contributed by atoms with E-state index in [0.29, 0.717) is 0 Å². The molecular formula is C10H15N3O4S. The van der Waals surface area contributed by atoms with Crippen LogP contribution in [0.3, 0.4) is 0 Å². The molecule has 4 N–H and O–H groups in total. The Balaban J connectivity index is 2.79. The van der Waals surface area contributed by atoms with E-state index in [0.717, 1.165) is 5.56 Å². The molecule has 18 heavy (non-hydrogen) atoms. The number of benzene rings is 1. The maximum absolute atomic E-state index is 11.5. The second-order valence-electron chi connectivity index (χ2n) is 3.52. The van der Waals surface area contributed by atoms with Gasteiger partial charge in [0.2, 0.25) is 0 Å². The smallest absolute Gasteiger partial charge is 0.422 e. The highest BCUT2D eigenvalue weighted by Crippen LogP contribution is 2.20. The number of hydrogen-bond donors (Lipinski definition) is 3. The fourth-order valence-electron chi connectivity index (χ4n) is 1.22. The third-order valence-corrected chi connectivity index (χ3v) is 2.87. The number of nitrogens with two attached hydrogens (primary N) is 1. The Bertz CT molecular complexity index is 542. The van der Waals surface area contributed by atoms with Crippen LogP contribution >= 0.6 is 0 Å². The van der Waals surface area contributed by atoms with E-state index in [1.165, 1.54) is 6.07 Å². The van der Waals surface area contributed by atoms with Crippen LogP contribution in [-0.4, -0.2) is 21.1 Å². The molecule has 0 aliphatic heterocycles. The van der Waals surface area contributed by atoms with Crippen LogP contribution in [-0.2, 0) is 14.9 Å². The molecule has 0 spiro atoms. The molecule has 7 nitrogen and oxygen atoms in total. The van der Waals surface area contributed by atoms with Crippen molar-refractivity contribution in [3.63, 3.8) is 0 Å². The van der Waals surface area contributed by atoms with Crippen molar-refractivity contribution in [3.05, 3.63) is 23.8 Å². The number of nitrogen functional groups attached to an aromatic ring is 1. The van der Waals surface area contributed by atoms with Crippen molar-refractivity contribution in [2.24, 2.45) is 0 Å². The first kappa shape index (κ1) is 14.1. The third-order valence-electron chi connectivity index (χ3n) is 1.94. The summed E-state index contributed by atoms with van der Waals surface area (Å²) in [5.41, 5.74) is 7.00. The van der Waals surface area contributed by atoms with E-state index in [4.69, 9.17) is 5.73 Å². The summed E-state index contributed by atoms with van der Waals surface area (Å²) in [4.78, 5) is 11.0. The van der Waals surface area contributed by atoms with Gasteiger partial charge in [-0.25, -0.2) is 9.52 Å². The van der Waals surface area contributed by atoms with Gasteiger partial charge in [0.25, 0.3) is 0 Å². The molecule has 1 amide bonds. The fourth-order valence-corrected chi connectivity index (χ4v) is 2.02. The number of carbonyl (C=O) groups is 1. The number of rotatable bonds is 4. The lowest BCUT2D eigenvalue weighted by atomic mass is 10.2. The molecule has 0 aliphatic rings. The SMILES string of the molecule is CCOC(=O)NS(=O)(=O)Nc1ccc(C)cc1N. The molecule has 0 saturated heterocycles. The number of carbonyl (C=O) groups excluding carboxylic acids is 1. The van der Waals surface area contributed by atoms with E-state index in [9.17, 15) is 13.2 Å². The van der Waals surface area contributed by atoms with Gasteiger partial charge in [-0.2, -0.15) is 8.42 Å². The Morgan fingerprint density at radius 3 is 2.67 bits per heavy atom. The number of amides is 1. The first-order chi connectivity index (χ1) is 8.34. The standard InChI is InChI=1S/C10H15N3O4S/c1-3-17-10(14)13-18(15,16)12-9-5-4-7(2)6-8(9)11/h4-6,12H,3,11H2,1-2H3,(H,13,14). The van der Waals surface area contributed by atoms with E-state index in [1.54, 1.807) is 23.8 Å². The lowest BCUT2D eigenvalue weighted by Crippen LogP contribution is -2.35. The largest absolute Gasteiger partial charge is 0.449 e. The van der Waals surface area contributed by atoms with Crippen molar-refractivity contribution in [2.75, 3.05) is 17.1 Å². The highest BCUT2D eigenvalue weighted by atomic mass is 32.2. The van der Waals surface area contributed by atoms with Crippen LogP contribution < -0.4 is 15.2 Å². The summed E-state index contributed by atoms with van der Waals surface area (Å²) in [6.45, 7) is 3.47. The molecule has 0 bridgehead atoms. The van der Waals surface area contributed by atoms with E-state index < -0.39 is 16.3 Å². The highest BCUT2D eigenvalue weighted by molar-refractivity contribution is 7.91. The number of hydrogen-bond acceptors (Lipinski definition) is 5. The van der Waals surface area contributed by atoms with Crippen LogP contribution in [0.4, 0.5) is 16.2 Å². The maximum Gasteiger partial charge on any atom is 0.422 e. The summed E-state index contributed by atoms with van der Waals surface area (Å²) < 4.78 is 31.4. The van der Waals surface area contributed by atoms with Crippen molar-refractivity contribution < 1.29 is 17.9 Å². The van der Waals surface area contributed by atoms with Gasteiger partial charge >= 0.3 is 16.3 Å². The van der Waals surface area contributed by atoms with Crippen molar-refractivity contribution in [2.45, 2.75) is 13.8 Å². The maximum atomic E-state index is 11.5. The minimum Gasteiger partial charge on any atom is -0.449 e. The van der Waals surface area contributed by atoms with Crippen molar-refractivity contribution in [1.29, 1.82) is 0 Å². The molecule has 8 heteroatoms. The van der Waals surface area contributed by atoms with Crippen LogP contribution in [0, 0.1) is 6.92 Å². The fraction of sp³-hybridized carbons (Fsp3) is 0.300. The zero-order chi connectivity index (χ0) is 13.8. The minimum absolute atomic E-state index is 0.0774. The highest BCUT2D eigenvalue weighted by Gasteiger charge is 2.16. The average molecular weight is 273 g/mol. The molecule has 0 aromatic heterocycles. The van der Waals surface area contributed by atoms with Crippen LogP contribution in [0.15, 0.2) is 18.2 Å². The molecule has 0 heterocycles. The van der Waals surface area contributed by atoms with Gasteiger partial charge in [-0.1, -0.05) is 6.07 Å². The van der Waals surface area contributed by atoms with Crippen LogP contribution in [0.25, 0.3) is 0 Å². The first-order valence-electron chi connectivity index (χ1n) is 5.17. The Labute approximate surface area is 106 Å². The molecule has 0 fully saturated rings. The lowest BCUT2D eigenvalue weighted by molar-refractivity contribution is 0.159. The summed E-state index contributed by atoms with van der Waals surface area (Å²) in [7, 11) is -4.05. The topological polar surface area (TPSA) is 111 Å². The molecule has 0 atom stereocenters. The van der Waals surface area contributed by atoms with E-state index >= 15 is 0 Å². The van der Waals surface area contributed by atoms with Crippen molar-refractivity contribution in [3.8, 4) is 0 Å². The van der Waals surface area contributed by atoms with Crippen LogP contribution in [0.2, 0.25) is 0 Å². The van der Waals surface area contributed by atoms with Crippen molar-refractivity contribution >= 4 is 27.7 Å². The van der Waals surface area contributed by atoms with Gasteiger partial charge in [-0.05, 0) is 31.5 Å². The molecule has 1 rings (SSSR count). The van der Waals surface area contributed by atoms with Gasteiger partial charge in [0.1, 0.15) is 0 Å². The van der Waals surface area contributed by atoms with Gasteiger partial charge in [0.05, 0.1) is 18.0 Å². The third kappa shape index (κ3) is 4.13. The van der Waals surface area contributed by atoms with E-state index in [-0.39, 0.29) is 18.0 Å². The number of aryl methyl sites for hydroxylation is 1. The zero-order valence-corrected chi connectivity index (χ0v) is 10.9. The molecular weight excluding hydrogens is 258 g/mol. The van der Waals surface area contributed by atoms with Gasteiger partial charge in [0.15, 0.2) is 0 Å². The Morgan fingerprint density at radius 2 is 2.11 bits per heavy atom. The van der Waals surface area contributed by atoms with E-state index in [2.05, 4.69) is 9.46 Å². The molecule has 0 saturated carbocycles. The summed E-state index contributed by atoms with van der Waals surface area (Å²) in [6.07, 6.45) is -1.05. The Kier molecular flexibility index (Phi) is 4.38. The second kappa shape index (κ2) is 5.58. The Morgan fingerprint density at radius 1 is 1.44 bits per heavy atom. The summed E-state index contributed by atoms with van der Waals surface area (Å²) >= 11 is 0. The Hall–Kier alpha value is -1.96. The molecule has 0 radical (unpaired) electrons. The van der Waals surface area contributed by atoms with Gasteiger partial charge in [0, 0.05) is 0 Å². The molecule has 1 aromatic rings. The number of nitrogens with one attached hydrogen (secondary N) is 2. The quantitative estimate of drug-likeness (QED) is 0.708. The number of ether oxygens (including phenoxy) is 1. The van der Waals surface area contributed by atoms with Crippen LogP contribution in [0.1, 0.15) is 12.5 Å². The normalized spacial score (nSPS) is 10.8. The summed E-state index contributed by atoms with van der Waals surface area (Å²) in [6, 6.07) is 4.82. The summed E-state index contributed by atoms with van der Waals surface area (Å²) in [5, 5.41) is 0. The predicted molar refractivity (Wildman–Crippen MR) is 68.3 cm³/mol. The molecule has 0 unspecified atom stereocenters. The minimum atomic E-state index is -4.05. The van der Waals surface area contributed by atoms with Gasteiger partial charge in [-0.15, -0.1) is 0 Å². The van der Waals surface area contributed by atoms with Crippen LogP contribution in [0.5, 0.6) is 0 Å². The molecule has 1 aromatic carbocycles. The lowest BCUT2D eigenvalue weighted by Gasteiger charge is -2.11. The zero-order valence-electron chi connectivity index (χ0n) is 10.1. The number of anilines is 2. The monoisotopic (exact) mass is 273 g/mol. The first-order valence-corrected chi connectivity index (χ1v) is 6.66. The average Bonchev–Trinajstić information content (AvgIpc) is 2.21. The van der Waals surface area contributed by atoms with Crippen molar-refractivity contribution in [1.82, 2.24) is 4.72 Å². The predicted octanol–water partition coefficient (Wildman–Crippen LogP) is 0.980. The van der Waals surface area contributed by atoms with E-state index in [1.807, 2.05) is 6.92 Å². The van der Waals surface area contributed by atoms with Gasteiger partial charge < -0.3 is 10.5 Å². The van der Waals surface area contributed by atoms with Gasteiger partial charge in [-0.3, -0.25) is 4.72 Å². The summed E-state index contributed by atoms with van der Waals surface area (Å²) in [5.74, 6) is 0. The second-order valence-corrected chi connectivity index (χ2v) is 4.93. The molecule has 100 valence electrons.